The van der Waals surface area contributed by atoms with Gasteiger partial charge in [0.15, 0.2) is 5.16 Å². The lowest BCUT2D eigenvalue weighted by molar-refractivity contribution is -0.131. The van der Waals surface area contributed by atoms with Crippen LogP contribution in [0.4, 0.5) is 0 Å². The molecule has 1 saturated carbocycles. The maximum atomic E-state index is 12.9. The predicted octanol–water partition coefficient (Wildman–Crippen LogP) is 3.65. The molecule has 2 heterocycles. The van der Waals surface area contributed by atoms with Crippen molar-refractivity contribution in [2.45, 2.75) is 55.4 Å². The molecule has 0 N–H and O–H groups in total. The highest BCUT2D eigenvalue weighted by Crippen LogP contribution is 2.40. The van der Waals surface area contributed by atoms with Gasteiger partial charge in [-0.2, -0.15) is 0 Å². The Morgan fingerprint density at radius 3 is 2.52 bits per heavy atom. The van der Waals surface area contributed by atoms with Gasteiger partial charge in [0.25, 0.3) is 0 Å². The van der Waals surface area contributed by atoms with Crippen LogP contribution in [-0.4, -0.2) is 43.9 Å². The molecule has 2 aromatic rings. The minimum absolute atomic E-state index is 0.120. The number of hydrogen-bond acceptors (Lipinski definition) is 4. The summed E-state index contributed by atoms with van der Waals surface area (Å²) in [5.41, 5.74) is 1.40. The number of likely N-dealkylation sites (tertiary alicyclic amines) is 1. The zero-order valence-electron chi connectivity index (χ0n) is 16.2. The average Bonchev–Trinajstić information content (AvgIpc) is 3.47. The van der Waals surface area contributed by atoms with Crippen LogP contribution in [-0.2, 0) is 18.3 Å². The summed E-state index contributed by atoms with van der Waals surface area (Å²) in [6, 6.07) is 10.7. The number of nitrogens with zero attached hydrogens (tertiary/aromatic N) is 4. The van der Waals surface area contributed by atoms with E-state index in [-0.39, 0.29) is 11.2 Å². The van der Waals surface area contributed by atoms with E-state index in [9.17, 15) is 4.79 Å². The van der Waals surface area contributed by atoms with Gasteiger partial charge in [0.2, 0.25) is 5.91 Å². The Bertz CT molecular complexity index is 779. The Morgan fingerprint density at radius 1 is 1.15 bits per heavy atom. The molecule has 0 bridgehead atoms. The topological polar surface area (TPSA) is 51.0 Å². The number of aromatic nitrogens is 3. The number of hydrogen-bond donors (Lipinski definition) is 0. The van der Waals surface area contributed by atoms with Gasteiger partial charge in [-0.25, -0.2) is 0 Å². The van der Waals surface area contributed by atoms with E-state index in [1.807, 2.05) is 18.9 Å². The first-order valence-corrected chi connectivity index (χ1v) is 10.9. The summed E-state index contributed by atoms with van der Waals surface area (Å²) < 4.78 is 2.07. The van der Waals surface area contributed by atoms with Crippen molar-refractivity contribution < 1.29 is 4.79 Å². The molecule has 1 atom stereocenters. The first-order valence-electron chi connectivity index (χ1n) is 10.0. The van der Waals surface area contributed by atoms with Crippen LogP contribution < -0.4 is 0 Å². The van der Waals surface area contributed by atoms with E-state index in [2.05, 4.69) is 45.1 Å². The summed E-state index contributed by atoms with van der Waals surface area (Å²) in [5.74, 6) is 2.55. The summed E-state index contributed by atoms with van der Waals surface area (Å²) in [7, 11) is 2.02. The second kappa shape index (κ2) is 8.05. The smallest absolute Gasteiger partial charge is 0.235 e. The maximum Gasteiger partial charge on any atom is 0.235 e. The zero-order valence-corrected chi connectivity index (χ0v) is 17.0. The SMILES string of the molecule is C[C@H](Sc1nnc(C2CC2)n1C)C(=O)N1CCC(Cc2ccccc2)CC1. The van der Waals surface area contributed by atoms with E-state index >= 15 is 0 Å². The van der Waals surface area contributed by atoms with Gasteiger partial charge in [-0.1, -0.05) is 42.1 Å². The molecule has 5 nitrogen and oxygen atoms in total. The summed E-state index contributed by atoms with van der Waals surface area (Å²) in [6.07, 6.45) is 5.73. The molecule has 27 heavy (non-hydrogen) atoms. The molecule has 1 aliphatic carbocycles. The van der Waals surface area contributed by atoms with Crippen molar-refractivity contribution in [3.8, 4) is 0 Å². The average molecular weight is 385 g/mol. The molecule has 144 valence electrons. The molecular formula is C21H28N4OS. The minimum atomic E-state index is -0.120. The van der Waals surface area contributed by atoms with E-state index in [0.717, 1.165) is 43.3 Å². The maximum absolute atomic E-state index is 12.9. The first kappa shape index (κ1) is 18.5. The summed E-state index contributed by atoms with van der Waals surface area (Å²) in [5, 5.41) is 9.37. The molecule has 0 radical (unpaired) electrons. The van der Waals surface area contributed by atoms with Gasteiger partial charge in [0, 0.05) is 26.1 Å². The number of carbonyl (C=O) groups is 1. The summed E-state index contributed by atoms with van der Waals surface area (Å²) in [6.45, 7) is 3.73. The quantitative estimate of drug-likeness (QED) is 0.713. The molecule has 0 unspecified atom stereocenters. The number of piperidine rings is 1. The predicted molar refractivity (Wildman–Crippen MR) is 108 cm³/mol. The third-order valence-corrected chi connectivity index (χ3v) is 6.86. The standard InChI is InChI=1S/C21H28N4OS/c1-15(27-21-23-22-19(24(21)2)18-8-9-18)20(26)25-12-10-17(11-13-25)14-16-6-4-3-5-7-16/h3-7,15,17-18H,8-14H2,1-2H3/t15-/m0/s1. The van der Waals surface area contributed by atoms with Crippen LogP contribution >= 0.6 is 11.8 Å². The molecular weight excluding hydrogens is 356 g/mol. The Kier molecular flexibility index (Phi) is 5.53. The molecule has 0 spiro atoms. The van der Waals surface area contributed by atoms with Crippen LogP contribution in [0.25, 0.3) is 0 Å². The number of amides is 1. The molecule has 1 saturated heterocycles. The summed E-state index contributed by atoms with van der Waals surface area (Å²) in [4.78, 5) is 14.9. The second-order valence-electron chi connectivity index (χ2n) is 7.89. The number of rotatable bonds is 6. The highest BCUT2D eigenvalue weighted by molar-refractivity contribution is 8.00. The third-order valence-electron chi connectivity index (χ3n) is 5.73. The van der Waals surface area contributed by atoms with Gasteiger partial charge in [-0.15, -0.1) is 10.2 Å². The first-order chi connectivity index (χ1) is 13.1. The van der Waals surface area contributed by atoms with Gasteiger partial charge >= 0.3 is 0 Å². The number of carbonyl (C=O) groups excluding carboxylic acids is 1. The Balaban J connectivity index is 1.28. The third kappa shape index (κ3) is 4.37. The largest absolute Gasteiger partial charge is 0.342 e. The van der Waals surface area contributed by atoms with Crippen molar-refractivity contribution >= 4 is 17.7 Å². The number of benzene rings is 1. The second-order valence-corrected chi connectivity index (χ2v) is 9.20. The molecule has 2 aliphatic rings. The van der Waals surface area contributed by atoms with E-state index in [1.165, 1.54) is 30.2 Å². The van der Waals surface area contributed by atoms with Crippen molar-refractivity contribution in [2.24, 2.45) is 13.0 Å². The van der Waals surface area contributed by atoms with E-state index in [0.29, 0.717) is 11.8 Å². The van der Waals surface area contributed by atoms with Gasteiger partial charge in [0.05, 0.1) is 5.25 Å². The van der Waals surface area contributed by atoms with Crippen molar-refractivity contribution in [1.82, 2.24) is 19.7 Å². The highest BCUT2D eigenvalue weighted by Gasteiger charge is 2.31. The van der Waals surface area contributed by atoms with Crippen LogP contribution in [0.5, 0.6) is 0 Å². The highest BCUT2D eigenvalue weighted by atomic mass is 32.2. The fourth-order valence-corrected chi connectivity index (χ4v) is 4.80. The fourth-order valence-electron chi connectivity index (χ4n) is 3.90. The molecule has 1 aromatic heterocycles. The van der Waals surface area contributed by atoms with Crippen LogP contribution in [0.2, 0.25) is 0 Å². The molecule has 6 heteroatoms. The molecule has 1 amide bonds. The fraction of sp³-hybridized carbons (Fsp3) is 0.571. The Labute approximate surface area is 165 Å². The lowest BCUT2D eigenvalue weighted by Crippen LogP contribution is -2.42. The van der Waals surface area contributed by atoms with Crippen LogP contribution in [0.3, 0.4) is 0 Å². The monoisotopic (exact) mass is 384 g/mol. The van der Waals surface area contributed by atoms with Crippen molar-refractivity contribution in [3.63, 3.8) is 0 Å². The Hall–Kier alpha value is -1.82. The normalized spacial score (nSPS) is 19.3. The van der Waals surface area contributed by atoms with Gasteiger partial charge in [0.1, 0.15) is 5.82 Å². The van der Waals surface area contributed by atoms with Crippen LogP contribution in [0.1, 0.15) is 49.9 Å². The van der Waals surface area contributed by atoms with Crippen molar-refractivity contribution in [1.29, 1.82) is 0 Å². The van der Waals surface area contributed by atoms with Gasteiger partial charge in [-0.05, 0) is 50.5 Å². The van der Waals surface area contributed by atoms with Gasteiger partial charge < -0.3 is 9.47 Å². The number of thioether (sulfide) groups is 1. The Morgan fingerprint density at radius 2 is 1.85 bits per heavy atom. The minimum Gasteiger partial charge on any atom is -0.342 e. The summed E-state index contributed by atoms with van der Waals surface area (Å²) >= 11 is 1.54. The lowest BCUT2D eigenvalue weighted by Gasteiger charge is -2.33. The van der Waals surface area contributed by atoms with Crippen LogP contribution in [0, 0.1) is 5.92 Å². The van der Waals surface area contributed by atoms with E-state index < -0.39 is 0 Å². The van der Waals surface area contributed by atoms with Crippen molar-refractivity contribution in [3.05, 3.63) is 41.7 Å². The lowest BCUT2D eigenvalue weighted by atomic mass is 9.90. The van der Waals surface area contributed by atoms with E-state index in [4.69, 9.17) is 0 Å². The molecule has 2 fully saturated rings. The molecule has 4 rings (SSSR count). The van der Waals surface area contributed by atoms with Crippen LogP contribution in [0.15, 0.2) is 35.5 Å². The van der Waals surface area contributed by atoms with E-state index in [1.54, 1.807) is 0 Å². The van der Waals surface area contributed by atoms with Crippen molar-refractivity contribution in [2.75, 3.05) is 13.1 Å². The molecule has 1 aromatic carbocycles. The van der Waals surface area contributed by atoms with Gasteiger partial charge in [-0.3, -0.25) is 4.79 Å². The zero-order chi connectivity index (χ0) is 18.8. The molecule has 1 aliphatic heterocycles.